The Morgan fingerprint density at radius 3 is 2.05 bits per heavy atom. The maximum Gasteiger partial charge on any atom is 0.306 e. The molecular weight excluding hydrogens is 765 g/mol. The van der Waals surface area contributed by atoms with E-state index in [-0.39, 0.29) is 0 Å². The third-order valence-corrected chi connectivity index (χ3v) is 10.8. The molecule has 6 aromatic rings. The Morgan fingerprint density at radius 2 is 1.49 bits per heavy atom. The molecule has 0 aliphatic carbocycles. The molecule has 6 rings (SSSR count). The first-order valence-electron chi connectivity index (χ1n) is 20.2. The van der Waals surface area contributed by atoms with Gasteiger partial charge in [-0.2, -0.15) is 4.98 Å². The van der Waals surface area contributed by atoms with Crippen LogP contribution in [0.1, 0.15) is 59.9 Å². The van der Waals surface area contributed by atoms with E-state index in [1.54, 1.807) is 17.4 Å². The highest BCUT2D eigenvalue weighted by Crippen LogP contribution is 2.29. The zero-order chi connectivity index (χ0) is 43.5. The SMILES string of the molecule is C=CC(=C\c1c(/C=C\[B]C)c(C)n(-c2nc(/C=C\C)c(C=C)o2)c1[B]C)/C(C)=C/C(=C\[B]C)c1n/c(=C/C(=C\C)c2nc(-c3ccccc3)nc(-c3ccccc3)n2)c(=C)s1. The van der Waals surface area contributed by atoms with Crippen molar-refractivity contribution in [3.05, 3.63) is 170 Å². The molecule has 0 atom stereocenters. The zero-order valence-electron chi connectivity index (χ0n) is 36.0. The van der Waals surface area contributed by atoms with Gasteiger partial charge in [-0.3, -0.25) is 4.57 Å². The molecule has 0 aliphatic heterocycles. The van der Waals surface area contributed by atoms with Crippen LogP contribution >= 0.6 is 11.3 Å². The predicted molar refractivity (Wildman–Crippen MR) is 264 cm³/mol. The average molecular weight is 813 g/mol. The molecular formula is C50H48B3N6OS. The second-order valence-electron chi connectivity index (χ2n) is 13.9. The summed E-state index contributed by atoms with van der Waals surface area (Å²) in [6.45, 7) is 26.8. The number of allylic oxidation sites excluding steroid dienone is 8. The van der Waals surface area contributed by atoms with Gasteiger partial charge in [0.25, 0.3) is 0 Å². The van der Waals surface area contributed by atoms with Crippen LogP contribution in [0, 0.1) is 6.92 Å². The highest BCUT2D eigenvalue weighted by molar-refractivity contribution is 7.10. The van der Waals surface area contributed by atoms with Gasteiger partial charge >= 0.3 is 6.01 Å². The minimum absolute atomic E-state index is 0.477. The molecule has 61 heavy (non-hydrogen) atoms. The Morgan fingerprint density at radius 1 is 0.820 bits per heavy atom. The van der Waals surface area contributed by atoms with Crippen LogP contribution in [0.4, 0.5) is 0 Å². The minimum Gasteiger partial charge on any atom is -0.423 e. The third-order valence-electron chi connectivity index (χ3n) is 9.86. The summed E-state index contributed by atoms with van der Waals surface area (Å²) in [5.41, 5.74) is 10.3. The van der Waals surface area contributed by atoms with Crippen molar-refractivity contribution >= 4 is 86.9 Å². The highest BCUT2D eigenvalue weighted by Gasteiger charge is 2.22. The molecule has 0 saturated carbocycles. The van der Waals surface area contributed by atoms with E-state index in [4.69, 9.17) is 29.3 Å². The Balaban J connectivity index is 1.41. The van der Waals surface area contributed by atoms with E-state index < -0.39 is 0 Å². The van der Waals surface area contributed by atoms with Gasteiger partial charge in [0, 0.05) is 32.5 Å². The smallest absolute Gasteiger partial charge is 0.306 e. The van der Waals surface area contributed by atoms with Gasteiger partial charge in [-0.05, 0) is 86.0 Å². The molecule has 0 unspecified atom stereocenters. The normalized spacial score (nSPS) is 13.1. The van der Waals surface area contributed by atoms with Gasteiger partial charge in [-0.15, -0.1) is 23.3 Å². The molecule has 11 heteroatoms. The van der Waals surface area contributed by atoms with Crippen LogP contribution in [-0.2, 0) is 0 Å². The lowest BCUT2D eigenvalue weighted by molar-refractivity contribution is 0.519. The molecule has 0 amide bonds. The zero-order valence-corrected chi connectivity index (χ0v) is 36.8. The van der Waals surface area contributed by atoms with Gasteiger partial charge in [-0.1, -0.05) is 125 Å². The number of benzene rings is 2. The molecule has 7 nitrogen and oxygen atoms in total. The second-order valence-corrected chi connectivity index (χ2v) is 15.0. The lowest BCUT2D eigenvalue weighted by Crippen LogP contribution is -2.24. The first-order chi connectivity index (χ1) is 29.7. The van der Waals surface area contributed by atoms with Crippen molar-refractivity contribution < 1.29 is 4.42 Å². The molecule has 0 bridgehead atoms. The molecule has 2 aromatic carbocycles. The fourth-order valence-electron chi connectivity index (χ4n) is 6.82. The number of thiazole rings is 1. The maximum absolute atomic E-state index is 6.26. The molecule has 299 valence electrons. The van der Waals surface area contributed by atoms with Crippen LogP contribution in [0.15, 0.2) is 126 Å². The summed E-state index contributed by atoms with van der Waals surface area (Å²) >= 11 is 1.54. The Labute approximate surface area is 366 Å². The van der Waals surface area contributed by atoms with Crippen molar-refractivity contribution in [3.63, 3.8) is 0 Å². The molecule has 4 heterocycles. The molecule has 0 spiro atoms. The fourth-order valence-corrected chi connectivity index (χ4v) is 7.65. The van der Waals surface area contributed by atoms with E-state index in [1.165, 1.54) is 0 Å². The summed E-state index contributed by atoms with van der Waals surface area (Å²) in [4.78, 5) is 24.7. The summed E-state index contributed by atoms with van der Waals surface area (Å²) in [5.74, 6) is 6.49. The van der Waals surface area contributed by atoms with Crippen LogP contribution < -0.4 is 15.5 Å². The third kappa shape index (κ3) is 9.91. The van der Waals surface area contributed by atoms with Crippen molar-refractivity contribution in [1.82, 2.24) is 29.5 Å². The van der Waals surface area contributed by atoms with E-state index in [1.807, 2.05) is 146 Å². The first-order valence-corrected chi connectivity index (χ1v) is 21.0. The van der Waals surface area contributed by atoms with E-state index in [2.05, 4.69) is 69.6 Å². The van der Waals surface area contributed by atoms with Crippen LogP contribution in [0.2, 0.25) is 20.5 Å². The van der Waals surface area contributed by atoms with Crippen molar-refractivity contribution in [2.75, 3.05) is 0 Å². The Kier molecular flexibility index (Phi) is 14.9. The number of hydrogen-bond donors (Lipinski definition) is 0. The van der Waals surface area contributed by atoms with E-state index >= 15 is 0 Å². The van der Waals surface area contributed by atoms with Gasteiger partial charge in [0.2, 0.25) is 0 Å². The van der Waals surface area contributed by atoms with Gasteiger partial charge in [0.1, 0.15) is 25.3 Å². The highest BCUT2D eigenvalue weighted by atomic mass is 32.1. The molecule has 0 saturated heterocycles. The number of hydrogen-bond acceptors (Lipinski definition) is 7. The van der Waals surface area contributed by atoms with Gasteiger partial charge in [-0.25, -0.2) is 19.9 Å². The topological polar surface area (TPSA) is 82.5 Å². The van der Waals surface area contributed by atoms with Gasteiger partial charge in [0.05, 0.1) is 5.35 Å². The molecule has 0 fully saturated rings. The predicted octanol–water partition coefficient (Wildman–Crippen LogP) is 10.1. The number of oxazole rings is 1. The minimum atomic E-state index is 0.477. The van der Waals surface area contributed by atoms with E-state index in [9.17, 15) is 0 Å². The molecule has 0 aliphatic rings. The van der Waals surface area contributed by atoms with E-state index in [0.717, 1.165) is 76.4 Å². The lowest BCUT2D eigenvalue weighted by Gasteiger charge is -2.08. The van der Waals surface area contributed by atoms with Crippen molar-refractivity contribution in [1.29, 1.82) is 0 Å². The quantitative estimate of drug-likeness (QED) is 0.0715. The van der Waals surface area contributed by atoms with Crippen molar-refractivity contribution in [2.45, 2.75) is 48.2 Å². The second kappa shape index (κ2) is 20.6. The number of aromatic nitrogens is 6. The summed E-state index contributed by atoms with van der Waals surface area (Å²) < 4.78 is 9.15. The largest absolute Gasteiger partial charge is 0.423 e. The average Bonchev–Trinajstić information content (AvgIpc) is 3.95. The van der Waals surface area contributed by atoms with Crippen LogP contribution in [-0.4, -0.2) is 51.3 Å². The van der Waals surface area contributed by atoms with Crippen molar-refractivity contribution in [2.24, 2.45) is 0 Å². The number of rotatable bonds is 16. The van der Waals surface area contributed by atoms with E-state index in [0.29, 0.717) is 29.2 Å². The van der Waals surface area contributed by atoms with Crippen LogP contribution in [0.25, 0.3) is 76.9 Å². The standard InChI is InChI=1S/C50H48B3N6OS/c1-11-21-42-44(14-4)60-50(55-42)59-33(6)40(26-27-51-8)41(45(59)53-10)29-35(12-2)32(5)28-39(31-52-9)49-54-43(34(7)61-49)30-36(13-3)46-56-47(37-22-17-15-18-23-37)58-48(57-46)38-24-19-16-20-25-38/h11-31H,2,4,7H2,1,3,5-6,8-10H3/b21-11-,27-26-,32-28+,35-29+,36-13+,39-31+,43-30+. The van der Waals surface area contributed by atoms with Gasteiger partial charge < -0.3 is 4.42 Å². The summed E-state index contributed by atoms with van der Waals surface area (Å²) in [6, 6.07) is 20.4. The molecule has 4 aromatic heterocycles. The summed E-state index contributed by atoms with van der Waals surface area (Å²) in [7, 11) is 6.13. The Hall–Kier alpha value is -6.58. The molecule has 0 N–H and O–H groups in total. The lowest BCUT2D eigenvalue weighted by atomic mass is 9.74. The van der Waals surface area contributed by atoms with Crippen LogP contribution in [0.5, 0.6) is 0 Å². The monoisotopic (exact) mass is 813 g/mol. The fraction of sp³-hybridized carbons (Fsp3) is 0.140. The summed E-state index contributed by atoms with van der Waals surface area (Å²) in [5, 5.41) is 1.58. The molecule has 3 radical (unpaired) electrons. The van der Waals surface area contributed by atoms with Crippen LogP contribution in [0.3, 0.4) is 0 Å². The number of nitrogens with zero attached hydrogens (tertiary/aromatic N) is 6. The first kappa shape index (κ1) is 44.0. The van der Waals surface area contributed by atoms with Gasteiger partial charge in [0.15, 0.2) is 30.5 Å². The maximum atomic E-state index is 6.26. The van der Waals surface area contributed by atoms with Crippen molar-refractivity contribution in [3.8, 4) is 28.8 Å². The summed E-state index contributed by atoms with van der Waals surface area (Å²) in [6.07, 6.45) is 17.9. The Bertz CT molecular complexity index is 2800.